The van der Waals surface area contributed by atoms with Crippen molar-refractivity contribution in [1.82, 2.24) is 10.2 Å². The zero-order chi connectivity index (χ0) is 14.2. The molecule has 0 atom stereocenters. The third kappa shape index (κ3) is 5.31. The zero-order valence-electron chi connectivity index (χ0n) is 13.2. The molecule has 116 valence electrons. The average molecular weight is 281 g/mol. The molecule has 20 heavy (non-hydrogen) atoms. The lowest BCUT2D eigenvalue weighted by Gasteiger charge is -2.33. The normalized spacial score (nSPS) is 22.4. The number of hydrogen-bond donors (Lipinski definition) is 1. The number of nitrogens with zero attached hydrogens (tertiary/aromatic N) is 2. The van der Waals surface area contributed by atoms with E-state index in [1.54, 1.807) is 0 Å². The highest BCUT2D eigenvalue weighted by molar-refractivity contribution is 5.80. The molecule has 2 rings (SSSR count). The van der Waals surface area contributed by atoms with Crippen molar-refractivity contribution in [1.29, 1.82) is 0 Å². The van der Waals surface area contributed by atoms with Crippen molar-refractivity contribution in [2.45, 2.75) is 58.4 Å². The summed E-state index contributed by atoms with van der Waals surface area (Å²) in [6, 6.07) is 0.629. The molecule has 0 bridgehead atoms. The van der Waals surface area contributed by atoms with Crippen molar-refractivity contribution < 1.29 is 4.74 Å². The van der Waals surface area contributed by atoms with Crippen molar-refractivity contribution in [2.75, 3.05) is 32.8 Å². The second-order valence-corrected chi connectivity index (χ2v) is 6.47. The number of morpholine rings is 1. The minimum atomic E-state index is 0.629. The van der Waals surface area contributed by atoms with Gasteiger partial charge in [0.05, 0.1) is 13.2 Å². The summed E-state index contributed by atoms with van der Waals surface area (Å²) in [6.45, 7) is 9.06. The van der Waals surface area contributed by atoms with Crippen molar-refractivity contribution in [3.8, 4) is 0 Å². The number of hydrogen-bond acceptors (Lipinski definition) is 2. The lowest BCUT2D eigenvalue weighted by atomic mass is 9.96. The summed E-state index contributed by atoms with van der Waals surface area (Å²) in [5.41, 5.74) is 0. The minimum Gasteiger partial charge on any atom is -0.378 e. The van der Waals surface area contributed by atoms with Crippen LogP contribution in [0.3, 0.4) is 0 Å². The van der Waals surface area contributed by atoms with Gasteiger partial charge in [-0.15, -0.1) is 0 Å². The first-order valence-electron chi connectivity index (χ1n) is 8.39. The first-order valence-corrected chi connectivity index (χ1v) is 8.39. The molecule has 0 amide bonds. The van der Waals surface area contributed by atoms with Crippen LogP contribution in [-0.4, -0.2) is 49.7 Å². The van der Waals surface area contributed by atoms with E-state index < -0.39 is 0 Å². The van der Waals surface area contributed by atoms with E-state index in [0.717, 1.165) is 44.7 Å². The van der Waals surface area contributed by atoms with Crippen LogP contribution in [0.5, 0.6) is 0 Å². The molecule has 2 fully saturated rings. The fourth-order valence-corrected chi connectivity index (χ4v) is 2.87. The minimum absolute atomic E-state index is 0.629. The molecule has 1 aliphatic heterocycles. The van der Waals surface area contributed by atoms with Crippen molar-refractivity contribution in [3.05, 3.63) is 0 Å². The lowest BCUT2D eigenvalue weighted by Crippen LogP contribution is -2.50. The number of aliphatic imine (C=N–C) groups is 1. The molecule has 1 saturated carbocycles. The van der Waals surface area contributed by atoms with E-state index in [-0.39, 0.29) is 0 Å². The van der Waals surface area contributed by atoms with Gasteiger partial charge in [0.2, 0.25) is 0 Å². The Morgan fingerprint density at radius 2 is 1.90 bits per heavy atom. The molecule has 0 aromatic rings. The highest BCUT2D eigenvalue weighted by Crippen LogP contribution is 2.17. The van der Waals surface area contributed by atoms with Crippen LogP contribution in [-0.2, 0) is 4.74 Å². The smallest absolute Gasteiger partial charge is 0.194 e. The van der Waals surface area contributed by atoms with Gasteiger partial charge in [-0.25, -0.2) is 0 Å². The Labute approximate surface area is 124 Å². The highest BCUT2D eigenvalue weighted by atomic mass is 16.5. The summed E-state index contributed by atoms with van der Waals surface area (Å²) in [5.74, 6) is 1.85. The summed E-state index contributed by atoms with van der Waals surface area (Å²) in [6.07, 6.45) is 7.89. The summed E-state index contributed by atoms with van der Waals surface area (Å²) < 4.78 is 5.46. The summed E-state index contributed by atoms with van der Waals surface area (Å²) in [5, 5.41) is 3.72. The van der Waals surface area contributed by atoms with Gasteiger partial charge in [-0.05, 0) is 25.2 Å². The monoisotopic (exact) mass is 281 g/mol. The highest BCUT2D eigenvalue weighted by Gasteiger charge is 2.20. The molecule has 0 radical (unpaired) electrons. The van der Waals surface area contributed by atoms with Crippen molar-refractivity contribution in [3.63, 3.8) is 0 Å². The molecule has 4 heteroatoms. The van der Waals surface area contributed by atoms with Gasteiger partial charge in [-0.1, -0.05) is 33.1 Å². The predicted octanol–water partition coefficient (Wildman–Crippen LogP) is 2.64. The Kier molecular flexibility index (Phi) is 6.64. The molecular formula is C16H31N3O. The van der Waals surface area contributed by atoms with Crippen LogP contribution in [0.2, 0.25) is 0 Å². The summed E-state index contributed by atoms with van der Waals surface area (Å²) in [4.78, 5) is 7.23. The van der Waals surface area contributed by atoms with E-state index in [2.05, 4.69) is 24.1 Å². The molecular weight excluding hydrogens is 250 g/mol. The average Bonchev–Trinajstić information content (AvgIpc) is 2.48. The molecule has 2 aliphatic rings. The maximum Gasteiger partial charge on any atom is 0.194 e. The Morgan fingerprint density at radius 1 is 1.20 bits per heavy atom. The lowest BCUT2D eigenvalue weighted by molar-refractivity contribution is 0.0659. The third-order valence-electron chi connectivity index (χ3n) is 4.22. The van der Waals surface area contributed by atoms with Gasteiger partial charge in [0.15, 0.2) is 5.96 Å². The van der Waals surface area contributed by atoms with Crippen molar-refractivity contribution in [2.24, 2.45) is 10.9 Å². The number of ether oxygens (including phenoxy) is 1. The maximum atomic E-state index is 5.46. The third-order valence-corrected chi connectivity index (χ3v) is 4.22. The van der Waals surface area contributed by atoms with E-state index in [0.29, 0.717) is 6.04 Å². The molecule has 0 aromatic carbocycles. The fourth-order valence-electron chi connectivity index (χ4n) is 2.87. The Morgan fingerprint density at radius 3 is 2.55 bits per heavy atom. The maximum absolute atomic E-state index is 5.46. The van der Waals surface area contributed by atoms with Crippen molar-refractivity contribution >= 4 is 5.96 Å². The van der Waals surface area contributed by atoms with Gasteiger partial charge in [0.25, 0.3) is 0 Å². The molecule has 1 aliphatic carbocycles. The Balaban J connectivity index is 1.90. The van der Waals surface area contributed by atoms with Crippen LogP contribution < -0.4 is 5.32 Å². The number of guanidine groups is 1. The standard InChI is InChI=1S/C16H31N3O/c1-14(2)8-9-17-16(19-10-12-20-13-11-19)18-15-6-4-3-5-7-15/h14-15H,3-13H2,1-2H3,(H,17,18). The largest absolute Gasteiger partial charge is 0.378 e. The second kappa shape index (κ2) is 8.50. The molecule has 1 N–H and O–H groups in total. The Bertz CT molecular complexity index is 292. The van der Waals surface area contributed by atoms with Crippen LogP contribution in [0.25, 0.3) is 0 Å². The van der Waals surface area contributed by atoms with Gasteiger partial charge in [0, 0.05) is 25.7 Å². The molecule has 1 heterocycles. The molecule has 0 spiro atoms. The summed E-state index contributed by atoms with van der Waals surface area (Å²) >= 11 is 0. The van der Waals surface area contributed by atoms with Crippen LogP contribution in [0, 0.1) is 5.92 Å². The quantitative estimate of drug-likeness (QED) is 0.636. The van der Waals surface area contributed by atoms with E-state index in [4.69, 9.17) is 9.73 Å². The van der Waals surface area contributed by atoms with Gasteiger partial charge < -0.3 is 15.0 Å². The van der Waals surface area contributed by atoms with Crippen LogP contribution in [0.15, 0.2) is 4.99 Å². The fraction of sp³-hybridized carbons (Fsp3) is 0.938. The first-order chi connectivity index (χ1) is 9.75. The Hall–Kier alpha value is -0.770. The topological polar surface area (TPSA) is 36.9 Å². The molecule has 0 aromatic heterocycles. The molecule has 1 saturated heterocycles. The first kappa shape index (κ1) is 15.6. The van der Waals surface area contributed by atoms with E-state index in [9.17, 15) is 0 Å². The van der Waals surface area contributed by atoms with E-state index in [1.807, 2.05) is 0 Å². The van der Waals surface area contributed by atoms with Gasteiger partial charge in [-0.3, -0.25) is 4.99 Å². The molecule has 0 unspecified atom stereocenters. The van der Waals surface area contributed by atoms with E-state index in [1.165, 1.54) is 38.5 Å². The van der Waals surface area contributed by atoms with Crippen LogP contribution in [0.4, 0.5) is 0 Å². The van der Waals surface area contributed by atoms with Gasteiger partial charge in [-0.2, -0.15) is 0 Å². The van der Waals surface area contributed by atoms with E-state index >= 15 is 0 Å². The summed E-state index contributed by atoms with van der Waals surface area (Å²) in [7, 11) is 0. The number of nitrogens with one attached hydrogen (secondary N) is 1. The van der Waals surface area contributed by atoms with Crippen LogP contribution in [0.1, 0.15) is 52.4 Å². The molecule has 4 nitrogen and oxygen atoms in total. The number of rotatable bonds is 4. The SMILES string of the molecule is CC(C)CCN=C(NC1CCCCC1)N1CCOCC1. The van der Waals surface area contributed by atoms with Gasteiger partial charge in [0.1, 0.15) is 0 Å². The predicted molar refractivity (Wildman–Crippen MR) is 84.2 cm³/mol. The van der Waals surface area contributed by atoms with Crippen LogP contribution >= 0.6 is 0 Å². The second-order valence-electron chi connectivity index (χ2n) is 6.47. The zero-order valence-corrected chi connectivity index (χ0v) is 13.2. The van der Waals surface area contributed by atoms with Gasteiger partial charge >= 0.3 is 0 Å².